The van der Waals surface area contributed by atoms with Crippen LogP contribution in [-0.2, 0) is 11.2 Å². The molecule has 1 saturated heterocycles. The lowest BCUT2D eigenvalue weighted by Gasteiger charge is -2.29. The minimum atomic E-state index is -0.308. The van der Waals surface area contributed by atoms with Gasteiger partial charge in [-0.05, 0) is 61.9 Å². The van der Waals surface area contributed by atoms with Gasteiger partial charge in [0.1, 0.15) is 18.2 Å². The minimum absolute atomic E-state index is 0.0286. The van der Waals surface area contributed by atoms with Gasteiger partial charge >= 0.3 is 0 Å². The molecule has 31 heavy (non-hydrogen) atoms. The molecule has 2 aromatic carbocycles. The molecule has 2 aliphatic heterocycles. The number of hydrogen-bond acceptors (Lipinski definition) is 5. The molecule has 0 spiro atoms. The van der Waals surface area contributed by atoms with Crippen molar-refractivity contribution < 1.29 is 18.7 Å². The molecule has 7 heteroatoms. The molecule has 164 valence electrons. The largest absolute Gasteiger partial charge is 0.486 e. The molecule has 6 nitrogen and oxygen atoms in total. The van der Waals surface area contributed by atoms with E-state index in [-0.39, 0.29) is 24.1 Å². The van der Waals surface area contributed by atoms with Crippen LogP contribution in [0.4, 0.5) is 15.8 Å². The Balaban J connectivity index is 1.49. The smallest absolute Gasteiger partial charge is 0.258 e. The molecule has 0 aliphatic carbocycles. The zero-order chi connectivity index (χ0) is 22.0. The van der Waals surface area contributed by atoms with Crippen molar-refractivity contribution in [3.63, 3.8) is 0 Å². The molecule has 1 fully saturated rings. The average Bonchev–Trinajstić information content (AvgIpc) is 3.26. The molecular formula is C24H28FN3O3. The second-order valence-corrected chi connectivity index (χ2v) is 8.06. The van der Waals surface area contributed by atoms with E-state index in [4.69, 9.17) is 4.74 Å². The summed E-state index contributed by atoms with van der Waals surface area (Å²) in [4.78, 5) is 28.2. The van der Waals surface area contributed by atoms with E-state index in [1.807, 2.05) is 24.1 Å². The van der Waals surface area contributed by atoms with Gasteiger partial charge < -0.3 is 19.9 Å². The Morgan fingerprint density at radius 3 is 2.77 bits per heavy atom. The predicted octanol–water partition coefficient (Wildman–Crippen LogP) is 3.18. The Morgan fingerprint density at radius 1 is 1.23 bits per heavy atom. The summed E-state index contributed by atoms with van der Waals surface area (Å²) < 4.78 is 20.4. The number of Topliss-reactive ketones (excluding diaryl/α,β-unsaturated/α-hetero) is 1. The molecule has 0 unspecified atom stereocenters. The van der Waals surface area contributed by atoms with Gasteiger partial charge in [-0.2, -0.15) is 0 Å². The number of halogens is 1. The van der Waals surface area contributed by atoms with Gasteiger partial charge in [0.25, 0.3) is 5.91 Å². The normalized spacial score (nSPS) is 18.3. The average molecular weight is 426 g/mol. The van der Waals surface area contributed by atoms with Crippen LogP contribution in [0.25, 0.3) is 0 Å². The summed E-state index contributed by atoms with van der Waals surface area (Å²) in [5, 5.41) is 3.24. The zero-order valence-electron chi connectivity index (χ0n) is 18.0. The standard InChI is InChI=1S/C24H28FN3O3/c1-3-19(29)15-31-20-5-6-21-16(12-20)8-11-28(24(21)30)18-4-7-23(22(25)13-18)27-10-9-17(14-27)26-2/h4-7,12-13,17,26H,3,8-11,14-15H2,1-2H3/t17-/m1/s1. The SMILES string of the molecule is CCC(=O)COc1ccc2c(c1)CCN(c1ccc(N3CC[C@@H](NC)C3)c(F)c1)C2=O. The first-order valence-electron chi connectivity index (χ1n) is 10.8. The van der Waals surface area contributed by atoms with Crippen molar-refractivity contribution >= 4 is 23.1 Å². The first kappa shape index (κ1) is 21.3. The number of ketones is 1. The monoisotopic (exact) mass is 425 g/mol. The highest BCUT2D eigenvalue weighted by molar-refractivity contribution is 6.08. The highest BCUT2D eigenvalue weighted by Gasteiger charge is 2.28. The number of fused-ring (bicyclic) bond motifs is 1. The van der Waals surface area contributed by atoms with Crippen LogP contribution in [0, 0.1) is 5.82 Å². The number of rotatable bonds is 7. The van der Waals surface area contributed by atoms with Crippen LogP contribution in [0.5, 0.6) is 5.75 Å². The topological polar surface area (TPSA) is 61.9 Å². The molecule has 0 radical (unpaired) electrons. The van der Waals surface area contributed by atoms with Crippen LogP contribution in [-0.4, -0.2) is 51.0 Å². The fourth-order valence-electron chi connectivity index (χ4n) is 4.20. The summed E-state index contributed by atoms with van der Waals surface area (Å²) in [7, 11) is 1.92. The van der Waals surface area contributed by atoms with Gasteiger partial charge in [0.2, 0.25) is 0 Å². The number of benzene rings is 2. The second kappa shape index (κ2) is 9.06. The maximum Gasteiger partial charge on any atom is 0.258 e. The first-order chi connectivity index (χ1) is 15.0. The summed E-state index contributed by atoms with van der Waals surface area (Å²) in [5.74, 6) is 0.154. The van der Waals surface area contributed by atoms with Gasteiger partial charge in [0.05, 0.1) is 5.69 Å². The third-order valence-corrected chi connectivity index (χ3v) is 6.13. The Bertz CT molecular complexity index is 994. The third-order valence-electron chi connectivity index (χ3n) is 6.13. The molecular weight excluding hydrogens is 397 g/mol. The second-order valence-electron chi connectivity index (χ2n) is 8.06. The summed E-state index contributed by atoms with van der Waals surface area (Å²) in [5.41, 5.74) is 2.61. The third kappa shape index (κ3) is 4.42. The lowest BCUT2D eigenvalue weighted by atomic mass is 9.98. The number of likely N-dealkylation sites (N-methyl/N-ethyl adjacent to an activating group) is 1. The number of ether oxygens (including phenoxy) is 1. The van der Waals surface area contributed by atoms with Gasteiger partial charge in [-0.25, -0.2) is 4.39 Å². The fraction of sp³-hybridized carbons (Fsp3) is 0.417. The van der Waals surface area contributed by atoms with Gasteiger partial charge in [-0.1, -0.05) is 6.92 Å². The number of hydrogen-bond donors (Lipinski definition) is 1. The highest BCUT2D eigenvalue weighted by atomic mass is 19.1. The van der Waals surface area contributed by atoms with E-state index in [0.717, 1.165) is 25.1 Å². The molecule has 1 N–H and O–H groups in total. The molecule has 1 amide bonds. The Kier molecular flexibility index (Phi) is 6.23. The maximum atomic E-state index is 14.9. The van der Waals surface area contributed by atoms with Crippen LogP contribution in [0.2, 0.25) is 0 Å². The van der Waals surface area contributed by atoms with Crippen LogP contribution in [0.3, 0.4) is 0 Å². The number of nitrogens with one attached hydrogen (secondary N) is 1. The zero-order valence-corrected chi connectivity index (χ0v) is 18.0. The van der Waals surface area contributed by atoms with Gasteiger partial charge in [0.15, 0.2) is 5.78 Å². The molecule has 1 atom stereocenters. The predicted molar refractivity (Wildman–Crippen MR) is 119 cm³/mol. The van der Waals surface area contributed by atoms with Crippen molar-refractivity contribution in [2.75, 3.05) is 43.1 Å². The number of carbonyl (C=O) groups is 2. The van der Waals surface area contributed by atoms with Crippen molar-refractivity contribution in [2.24, 2.45) is 0 Å². The molecule has 2 aliphatic rings. The van der Waals surface area contributed by atoms with Gasteiger partial charge in [-0.15, -0.1) is 0 Å². The molecule has 2 aromatic rings. The number of amides is 1. The molecule has 0 saturated carbocycles. The lowest BCUT2D eigenvalue weighted by Crippen LogP contribution is -2.37. The minimum Gasteiger partial charge on any atom is -0.486 e. The van der Waals surface area contributed by atoms with E-state index in [2.05, 4.69) is 5.32 Å². The number of anilines is 2. The molecule has 0 aromatic heterocycles. The van der Waals surface area contributed by atoms with E-state index in [1.54, 1.807) is 30.0 Å². The molecule has 4 rings (SSSR count). The van der Waals surface area contributed by atoms with E-state index < -0.39 is 0 Å². The van der Waals surface area contributed by atoms with Gasteiger partial charge in [0, 0.05) is 43.3 Å². The fourth-order valence-corrected chi connectivity index (χ4v) is 4.20. The summed E-state index contributed by atoms with van der Waals surface area (Å²) >= 11 is 0. The Labute approximate surface area is 182 Å². The van der Waals surface area contributed by atoms with E-state index in [9.17, 15) is 14.0 Å². The summed E-state index contributed by atoms with van der Waals surface area (Å²) in [6.45, 7) is 3.88. The van der Waals surface area contributed by atoms with E-state index in [1.165, 1.54) is 6.07 Å². The highest BCUT2D eigenvalue weighted by Crippen LogP contribution is 2.31. The molecule has 0 bridgehead atoms. The number of nitrogens with zero attached hydrogens (tertiary/aromatic N) is 2. The van der Waals surface area contributed by atoms with Crippen LogP contribution < -0.4 is 19.9 Å². The van der Waals surface area contributed by atoms with Crippen LogP contribution >= 0.6 is 0 Å². The van der Waals surface area contributed by atoms with Crippen molar-refractivity contribution in [3.8, 4) is 5.75 Å². The van der Waals surface area contributed by atoms with E-state index in [0.29, 0.717) is 48.1 Å². The van der Waals surface area contributed by atoms with E-state index >= 15 is 0 Å². The Morgan fingerprint density at radius 2 is 2.06 bits per heavy atom. The van der Waals surface area contributed by atoms with Crippen molar-refractivity contribution in [2.45, 2.75) is 32.2 Å². The molecule has 2 heterocycles. The van der Waals surface area contributed by atoms with Gasteiger partial charge in [-0.3, -0.25) is 9.59 Å². The van der Waals surface area contributed by atoms with Crippen molar-refractivity contribution in [1.82, 2.24) is 5.32 Å². The summed E-state index contributed by atoms with van der Waals surface area (Å²) in [6, 6.07) is 10.7. The number of carbonyl (C=O) groups excluding carboxylic acids is 2. The van der Waals surface area contributed by atoms with Crippen LogP contribution in [0.15, 0.2) is 36.4 Å². The Hall–Kier alpha value is -2.93. The van der Waals surface area contributed by atoms with Crippen molar-refractivity contribution in [3.05, 3.63) is 53.3 Å². The van der Waals surface area contributed by atoms with Crippen molar-refractivity contribution in [1.29, 1.82) is 0 Å². The lowest BCUT2D eigenvalue weighted by molar-refractivity contribution is -0.120. The first-order valence-corrected chi connectivity index (χ1v) is 10.8. The van der Waals surface area contributed by atoms with Crippen LogP contribution in [0.1, 0.15) is 35.7 Å². The maximum absolute atomic E-state index is 14.9. The summed E-state index contributed by atoms with van der Waals surface area (Å²) in [6.07, 6.45) is 2.05. The quantitative estimate of drug-likeness (QED) is 0.738.